The van der Waals surface area contributed by atoms with Crippen LogP contribution in [0.5, 0.6) is 0 Å². The molecule has 2 fully saturated rings. The summed E-state index contributed by atoms with van der Waals surface area (Å²) < 4.78 is 12.4. The van der Waals surface area contributed by atoms with Gasteiger partial charge in [0.15, 0.2) is 5.82 Å². The molecule has 0 radical (unpaired) electrons. The summed E-state index contributed by atoms with van der Waals surface area (Å²) in [5.41, 5.74) is 1.16. The molecule has 1 saturated heterocycles. The van der Waals surface area contributed by atoms with Gasteiger partial charge in [-0.2, -0.15) is 4.98 Å². The maximum Gasteiger partial charge on any atom is 0.324 e. The topological polar surface area (TPSA) is 51.4 Å². The fourth-order valence-corrected chi connectivity index (χ4v) is 3.15. The van der Waals surface area contributed by atoms with E-state index < -0.39 is 0 Å². The summed E-state index contributed by atoms with van der Waals surface area (Å²) in [4.78, 5) is 6.64. The SMILES string of the molecule is Brc1ccccc1C1CN(c2nc(C3CC3)no2)CCO1. The Kier molecular flexibility index (Phi) is 3.43. The highest BCUT2D eigenvalue weighted by Gasteiger charge is 2.31. The van der Waals surface area contributed by atoms with E-state index in [0.717, 1.165) is 29.0 Å². The number of hydrogen-bond donors (Lipinski definition) is 0. The number of aromatic nitrogens is 2. The van der Waals surface area contributed by atoms with Crippen molar-refractivity contribution in [3.63, 3.8) is 0 Å². The molecule has 5 nitrogen and oxygen atoms in total. The van der Waals surface area contributed by atoms with Gasteiger partial charge in [-0.15, -0.1) is 0 Å². The number of halogens is 1. The second-order valence-electron chi connectivity index (χ2n) is 5.54. The van der Waals surface area contributed by atoms with Gasteiger partial charge in [-0.25, -0.2) is 0 Å². The van der Waals surface area contributed by atoms with Gasteiger partial charge >= 0.3 is 6.01 Å². The summed E-state index contributed by atoms with van der Waals surface area (Å²) >= 11 is 3.59. The minimum Gasteiger partial charge on any atom is -0.370 e. The molecule has 1 aromatic heterocycles. The van der Waals surface area contributed by atoms with Crippen LogP contribution in [0.4, 0.5) is 6.01 Å². The molecule has 0 N–H and O–H groups in total. The molecule has 21 heavy (non-hydrogen) atoms. The van der Waals surface area contributed by atoms with E-state index >= 15 is 0 Å². The molecule has 1 saturated carbocycles. The van der Waals surface area contributed by atoms with Gasteiger partial charge in [-0.1, -0.05) is 39.3 Å². The van der Waals surface area contributed by atoms with Crippen molar-refractivity contribution >= 4 is 21.9 Å². The summed E-state index contributed by atoms with van der Waals surface area (Å²) in [5, 5.41) is 4.09. The molecule has 1 unspecified atom stereocenters. The zero-order valence-electron chi connectivity index (χ0n) is 11.5. The van der Waals surface area contributed by atoms with Crippen molar-refractivity contribution in [3.8, 4) is 0 Å². The average Bonchev–Trinajstić information content (AvgIpc) is 3.25. The maximum atomic E-state index is 5.90. The number of morpholine rings is 1. The molecule has 2 heterocycles. The lowest BCUT2D eigenvalue weighted by atomic mass is 10.1. The lowest BCUT2D eigenvalue weighted by Crippen LogP contribution is -2.38. The second kappa shape index (κ2) is 5.42. The molecule has 1 atom stereocenters. The van der Waals surface area contributed by atoms with E-state index in [2.05, 4.69) is 37.0 Å². The third-order valence-corrected chi connectivity index (χ3v) is 4.68. The van der Waals surface area contributed by atoms with Crippen LogP contribution < -0.4 is 4.90 Å². The number of benzene rings is 1. The van der Waals surface area contributed by atoms with Crippen molar-refractivity contribution < 1.29 is 9.26 Å². The fourth-order valence-electron chi connectivity index (χ4n) is 2.61. The van der Waals surface area contributed by atoms with Crippen molar-refractivity contribution in [1.82, 2.24) is 10.1 Å². The first-order chi connectivity index (χ1) is 10.3. The molecule has 6 heteroatoms. The third kappa shape index (κ3) is 2.70. The molecule has 2 aliphatic rings. The Bertz CT molecular complexity index is 641. The average molecular weight is 350 g/mol. The second-order valence-corrected chi connectivity index (χ2v) is 6.39. The molecule has 0 spiro atoms. The van der Waals surface area contributed by atoms with E-state index in [9.17, 15) is 0 Å². The highest BCUT2D eigenvalue weighted by Crippen LogP contribution is 2.39. The van der Waals surface area contributed by atoms with Crippen LogP contribution in [0.25, 0.3) is 0 Å². The molecular weight excluding hydrogens is 334 g/mol. The molecule has 110 valence electrons. The lowest BCUT2D eigenvalue weighted by Gasteiger charge is -2.32. The van der Waals surface area contributed by atoms with Crippen molar-refractivity contribution in [2.45, 2.75) is 24.9 Å². The summed E-state index contributed by atoms with van der Waals surface area (Å²) in [6.45, 7) is 2.18. The van der Waals surface area contributed by atoms with Crippen LogP contribution in [0.2, 0.25) is 0 Å². The summed E-state index contributed by atoms with van der Waals surface area (Å²) in [7, 11) is 0. The minimum atomic E-state index is 0.0191. The van der Waals surface area contributed by atoms with Crippen molar-refractivity contribution in [2.75, 3.05) is 24.6 Å². The monoisotopic (exact) mass is 349 g/mol. The predicted octanol–water partition coefficient (Wildman–Crippen LogP) is 3.29. The maximum absolute atomic E-state index is 5.90. The Morgan fingerprint density at radius 3 is 2.90 bits per heavy atom. The van der Waals surface area contributed by atoms with E-state index in [-0.39, 0.29) is 6.10 Å². The van der Waals surface area contributed by atoms with Gasteiger partial charge in [0, 0.05) is 16.9 Å². The molecule has 1 aromatic carbocycles. The third-order valence-electron chi connectivity index (χ3n) is 3.96. The van der Waals surface area contributed by atoms with E-state index in [4.69, 9.17) is 9.26 Å². The summed E-state index contributed by atoms with van der Waals surface area (Å²) in [6.07, 6.45) is 2.38. The van der Waals surface area contributed by atoms with Crippen molar-refractivity contribution in [2.24, 2.45) is 0 Å². The Morgan fingerprint density at radius 1 is 1.24 bits per heavy atom. The van der Waals surface area contributed by atoms with Crippen LogP contribution in [0.15, 0.2) is 33.3 Å². The van der Waals surface area contributed by atoms with E-state index in [1.807, 2.05) is 18.2 Å². The van der Waals surface area contributed by atoms with E-state index in [0.29, 0.717) is 18.5 Å². The quantitative estimate of drug-likeness (QED) is 0.850. The van der Waals surface area contributed by atoms with Crippen molar-refractivity contribution in [1.29, 1.82) is 0 Å². The summed E-state index contributed by atoms with van der Waals surface area (Å²) in [6, 6.07) is 8.78. The van der Waals surface area contributed by atoms with Gasteiger partial charge in [0.1, 0.15) is 6.10 Å². The minimum absolute atomic E-state index is 0.0191. The summed E-state index contributed by atoms with van der Waals surface area (Å²) in [5.74, 6) is 1.37. The molecule has 4 rings (SSSR count). The smallest absolute Gasteiger partial charge is 0.324 e. The molecule has 1 aliphatic carbocycles. The Labute approximate surface area is 131 Å². The lowest BCUT2D eigenvalue weighted by molar-refractivity contribution is 0.0372. The molecule has 1 aliphatic heterocycles. The number of nitrogens with zero attached hydrogens (tertiary/aromatic N) is 3. The van der Waals surface area contributed by atoms with Crippen LogP contribution in [-0.4, -0.2) is 29.8 Å². The van der Waals surface area contributed by atoms with Crippen LogP contribution in [0.3, 0.4) is 0 Å². The Morgan fingerprint density at radius 2 is 2.10 bits per heavy atom. The van der Waals surface area contributed by atoms with Gasteiger partial charge in [0.05, 0.1) is 13.2 Å². The van der Waals surface area contributed by atoms with Crippen LogP contribution in [0.1, 0.15) is 36.3 Å². The first-order valence-electron chi connectivity index (χ1n) is 7.26. The van der Waals surface area contributed by atoms with E-state index in [1.165, 1.54) is 12.8 Å². The molecular formula is C15H16BrN3O2. The zero-order chi connectivity index (χ0) is 14.2. The van der Waals surface area contributed by atoms with Crippen LogP contribution in [-0.2, 0) is 4.74 Å². The largest absolute Gasteiger partial charge is 0.370 e. The predicted molar refractivity (Wildman–Crippen MR) is 81.3 cm³/mol. The Hall–Kier alpha value is -1.40. The first-order valence-corrected chi connectivity index (χ1v) is 8.05. The van der Waals surface area contributed by atoms with Gasteiger partial charge < -0.3 is 14.2 Å². The fraction of sp³-hybridized carbons (Fsp3) is 0.467. The number of anilines is 1. The van der Waals surface area contributed by atoms with Crippen LogP contribution in [0, 0.1) is 0 Å². The van der Waals surface area contributed by atoms with Gasteiger partial charge in [-0.3, -0.25) is 0 Å². The first kappa shape index (κ1) is 13.3. The number of ether oxygens (including phenoxy) is 1. The Balaban J connectivity index is 1.53. The number of hydrogen-bond acceptors (Lipinski definition) is 5. The molecule has 0 amide bonds. The molecule has 2 aromatic rings. The highest BCUT2D eigenvalue weighted by molar-refractivity contribution is 9.10. The van der Waals surface area contributed by atoms with Crippen LogP contribution >= 0.6 is 15.9 Å². The number of rotatable bonds is 3. The van der Waals surface area contributed by atoms with Gasteiger partial charge in [0.25, 0.3) is 0 Å². The molecule has 0 bridgehead atoms. The van der Waals surface area contributed by atoms with E-state index in [1.54, 1.807) is 0 Å². The highest BCUT2D eigenvalue weighted by atomic mass is 79.9. The van der Waals surface area contributed by atoms with Gasteiger partial charge in [-0.05, 0) is 24.5 Å². The normalized spacial score (nSPS) is 22.5. The standard InChI is InChI=1S/C15H16BrN3O2/c16-12-4-2-1-3-11(12)13-9-19(7-8-20-13)15-17-14(18-21-15)10-5-6-10/h1-4,10,13H,5-9H2. The zero-order valence-corrected chi connectivity index (χ0v) is 13.1. The van der Waals surface area contributed by atoms with Crippen molar-refractivity contribution in [3.05, 3.63) is 40.1 Å². The van der Waals surface area contributed by atoms with Gasteiger partial charge in [0.2, 0.25) is 0 Å².